The van der Waals surface area contributed by atoms with Gasteiger partial charge >= 0.3 is 11.9 Å². The highest BCUT2D eigenvalue weighted by atomic mass is 16.5. The van der Waals surface area contributed by atoms with Gasteiger partial charge in [0.2, 0.25) is 0 Å². The molecule has 0 saturated carbocycles. The molecule has 3 aromatic carbocycles. The maximum atomic E-state index is 13.9. The summed E-state index contributed by atoms with van der Waals surface area (Å²) in [5.41, 5.74) is 4.29. The van der Waals surface area contributed by atoms with Crippen molar-refractivity contribution in [2.24, 2.45) is 0 Å². The van der Waals surface area contributed by atoms with Crippen molar-refractivity contribution in [3.63, 3.8) is 0 Å². The number of carboxylic acid groups (broad SMARTS) is 1. The number of rotatable bonds is 12. The first-order chi connectivity index (χ1) is 21.4. The van der Waals surface area contributed by atoms with Crippen LogP contribution >= 0.6 is 0 Å². The number of carbonyl (C=O) groups excluding carboxylic acids is 2. The van der Waals surface area contributed by atoms with Crippen molar-refractivity contribution in [2.45, 2.75) is 50.7 Å². The van der Waals surface area contributed by atoms with Crippen molar-refractivity contribution >= 4 is 23.4 Å². The van der Waals surface area contributed by atoms with Gasteiger partial charge in [0.15, 0.2) is 18.1 Å². The second-order valence-electron chi connectivity index (χ2n) is 10.9. The first-order valence-electron chi connectivity index (χ1n) is 14.8. The normalized spacial score (nSPS) is 16.4. The number of benzene rings is 3. The van der Waals surface area contributed by atoms with Gasteiger partial charge in [-0.05, 0) is 85.0 Å². The summed E-state index contributed by atoms with van der Waals surface area (Å²) in [4.78, 5) is 40.4. The fourth-order valence-corrected chi connectivity index (χ4v) is 5.86. The Hall–Kier alpha value is -4.79. The van der Waals surface area contributed by atoms with Gasteiger partial charge in [0.1, 0.15) is 17.9 Å². The molecule has 1 heterocycles. The quantitative estimate of drug-likeness (QED) is 0.275. The molecule has 230 valence electrons. The number of fused-ring (bicyclic) bond motifs is 1. The number of aliphatic carboxylic acids is 1. The van der Waals surface area contributed by atoms with Gasteiger partial charge in [0.25, 0.3) is 5.91 Å². The Morgan fingerprint density at radius 1 is 0.955 bits per heavy atom. The summed E-state index contributed by atoms with van der Waals surface area (Å²) in [5, 5.41) is 9.06. The maximum absolute atomic E-state index is 13.9. The van der Waals surface area contributed by atoms with Gasteiger partial charge in [-0.1, -0.05) is 48.5 Å². The van der Waals surface area contributed by atoms with E-state index in [1.807, 2.05) is 54.6 Å². The molecule has 2 atom stereocenters. The van der Waals surface area contributed by atoms with Crippen LogP contribution in [-0.2, 0) is 32.0 Å². The van der Waals surface area contributed by atoms with E-state index in [9.17, 15) is 14.4 Å². The minimum absolute atomic E-state index is 0.150. The van der Waals surface area contributed by atoms with Gasteiger partial charge in [-0.3, -0.25) is 4.79 Å². The summed E-state index contributed by atoms with van der Waals surface area (Å²) < 4.78 is 22.4. The van der Waals surface area contributed by atoms with Crippen molar-refractivity contribution in [1.82, 2.24) is 4.90 Å². The van der Waals surface area contributed by atoms with Crippen molar-refractivity contribution in [3.05, 3.63) is 95.1 Å². The Bertz CT molecular complexity index is 1550. The maximum Gasteiger partial charge on any atom is 0.341 e. The van der Waals surface area contributed by atoms with Crippen LogP contribution in [0.3, 0.4) is 0 Å². The molecular weight excluding hydrogens is 562 g/mol. The van der Waals surface area contributed by atoms with Gasteiger partial charge in [-0.15, -0.1) is 0 Å². The molecule has 0 aromatic heterocycles. The number of esters is 1. The average molecular weight is 600 g/mol. The van der Waals surface area contributed by atoms with Crippen molar-refractivity contribution in [1.29, 1.82) is 0 Å². The van der Waals surface area contributed by atoms with Crippen molar-refractivity contribution < 1.29 is 38.4 Å². The molecule has 44 heavy (non-hydrogen) atoms. The molecule has 3 aromatic rings. The van der Waals surface area contributed by atoms with Gasteiger partial charge < -0.3 is 29.0 Å². The lowest BCUT2D eigenvalue weighted by atomic mass is 9.98. The molecule has 1 amide bonds. The number of carbonyl (C=O) groups is 3. The number of ether oxygens (including phenoxy) is 4. The molecule has 9 nitrogen and oxygen atoms in total. The summed E-state index contributed by atoms with van der Waals surface area (Å²) >= 11 is 0. The molecule has 5 rings (SSSR count). The van der Waals surface area contributed by atoms with Crippen LogP contribution in [0.5, 0.6) is 17.2 Å². The summed E-state index contributed by atoms with van der Waals surface area (Å²) in [6.07, 6.45) is 5.10. The first kappa shape index (κ1) is 30.7. The molecule has 0 spiro atoms. The van der Waals surface area contributed by atoms with E-state index in [1.165, 1.54) is 0 Å². The highest BCUT2D eigenvalue weighted by Crippen LogP contribution is 2.34. The fourth-order valence-electron chi connectivity index (χ4n) is 5.86. The van der Waals surface area contributed by atoms with Crippen LogP contribution in [0, 0.1) is 0 Å². The molecule has 1 fully saturated rings. The first-order valence-corrected chi connectivity index (χ1v) is 14.8. The van der Waals surface area contributed by atoms with E-state index in [-0.39, 0.29) is 5.91 Å². The molecule has 1 saturated heterocycles. The predicted octanol–water partition coefficient (Wildman–Crippen LogP) is 5.41. The standard InChI is InChI=1S/C35H37NO8/c1-41-31-18-14-23(20-32(31)42-2)13-17-30(25-9-7-10-26(21-25)43-22-33(37)38)44-35(40)29-12-5-6-19-36(29)34(39)28-16-15-24-8-3-4-11-27(24)28/h3-4,7-11,14,16,18,20-21,29-30H,5-6,12-13,15,17,19,22H2,1-2H3,(H,37,38)/t29-,30+/m0/s1. The third-order valence-electron chi connectivity index (χ3n) is 8.09. The zero-order valence-electron chi connectivity index (χ0n) is 25.0. The summed E-state index contributed by atoms with van der Waals surface area (Å²) in [5.74, 6) is -0.125. The minimum Gasteiger partial charge on any atom is -0.493 e. The number of amides is 1. The van der Waals surface area contributed by atoms with Crippen LogP contribution < -0.4 is 14.2 Å². The van der Waals surface area contributed by atoms with Crippen LogP contribution in [0.4, 0.5) is 0 Å². The van der Waals surface area contributed by atoms with Crippen LogP contribution in [-0.4, -0.2) is 61.3 Å². The van der Waals surface area contributed by atoms with E-state index >= 15 is 0 Å². The molecule has 1 aliphatic carbocycles. The molecule has 0 radical (unpaired) electrons. The molecule has 2 aliphatic rings. The van der Waals surface area contributed by atoms with Gasteiger partial charge in [0, 0.05) is 12.1 Å². The highest BCUT2D eigenvalue weighted by Gasteiger charge is 2.37. The predicted molar refractivity (Wildman–Crippen MR) is 164 cm³/mol. The minimum atomic E-state index is -1.09. The molecular formula is C35H37NO8. The van der Waals surface area contributed by atoms with E-state index in [1.54, 1.807) is 37.3 Å². The molecule has 1 aliphatic heterocycles. The lowest BCUT2D eigenvalue weighted by Gasteiger charge is -2.35. The molecule has 0 unspecified atom stereocenters. The summed E-state index contributed by atoms with van der Waals surface area (Å²) in [6.45, 7) is -0.00932. The van der Waals surface area contributed by atoms with Crippen LogP contribution in [0.2, 0.25) is 0 Å². The number of methoxy groups -OCH3 is 2. The lowest BCUT2D eigenvalue weighted by molar-refractivity contribution is -0.160. The van der Waals surface area contributed by atoms with E-state index in [4.69, 9.17) is 24.1 Å². The van der Waals surface area contributed by atoms with Gasteiger partial charge in [-0.2, -0.15) is 0 Å². The smallest absolute Gasteiger partial charge is 0.341 e. The SMILES string of the molecule is COc1ccc(CC[C@@H](OC(=O)[C@@H]2CCCCN2C(=O)C2=CCc3ccccc32)c2cccc(OCC(=O)O)c2)cc1OC. The van der Waals surface area contributed by atoms with Crippen molar-refractivity contribution in [2.75, 3.05) is 27.4 Å². The third-order valence-corrected chi connectivity index (χ3v) is 8.09. The van der Waals surface area contributed by atoms with Gasteiger partial charge in [-0.25, -0.2) is 9.59 Å². The number of nitrogens with zero attached hydrogens (tertiary/aromatic N) is 1. The fraction of sp³-hybridized carbons (Fsp3) is 0.343. The number of hydrogen-bond acceptors (Lipinski definition) is 7. The van der Waals surface area contributed by atoms with Crippen molar-refractivity contribution in [3.8, 4) is 17.2 Å². The topological polar surface area (TPSA) is 112 Å². The number of hydrogen-bond donors (Lipinski definition) is 1. The number of piperidine rings is 1. The van der Waals surface area contributed by atoms with E-state index < -0.39 is 30.7 Å². The Balaban J connectivity index is 1.37. The van der Waals surface area contributed by atoms with E-state index in [2.05, 4.69) is 0 Å². The molecule has 9 heteroatoms. The number of carboxylic acids is 1. The second kappa shape index (κ2) is 14.1. The summed E-state index contributed by atoms with van der Waals surface area (Å²) in [7, 11) is 3.15. The zero-order valence-corrected chi connectivity index (χ0v) is 25.0. The zero-order chi connectivity index (χ0) is 31.1. The molecule has 0 bridgehead atoms. The van der Waals surface area contributed by atoms with Crippen LogP contribution in [0.25, 0.3) is 5.57 Å². The Labute approximate surface area is 257 Å². The van der Waals surface area contributed by atoms with E-state index in [0.29, 0.717) is 60.6 Å². The Kier molecular flexibility index (Phi) is 9.84. The van der Waals surface area contributed by atoms with Crippen LogP contribution in [0.15, 0.2) is 72.8 Å². The van der Waals surface area contributed by atoms with E-state index in [0.717, 1.165) is 29.5 Å². The second-order valence-corrected chi connectivity index (χ2v) is 10.9. The number of aryl methyl sites for hydroxylation is 1. The third kappa shape index (κ3) is 7.05. The average Bonchev–Trinajstić information content (AvgIpc) is 3.49. The summed E-state index contributed by atoms with van der Waals surface area (Å²) in [6, 6.07) is 19.7. The highest BCUT2D eigenvalue weighted by molar-refractivity contribution is 6.21. The van der Waals surface area contributed by atoms with Crippen LogP contribution in [0.1, 0.15) is 54.0 Å². The number of allylic oxidation sites excluding steroid dienone is 1. The Morgan fingerprint density at radius 3 is 2.57 bits per heavy atom. The number of likely N-dealkylation sites (tertiary alicyclic amines) is 1. The largest absolute Gasteiger partial charge is 0.493 e. The molecule has 1 N–H and O–H groups in total. The lowest BCUT2D eigenvalue weighted by Crippen LogP contribution is -2.49. The monoisotopic (exact) mass is 599 g/mol. The Morgan fingerprint density at radius 2 is 1.77 bits per heavy atom. The van der Waals surface area contributed by atoms with Gasteiger partial charge in [0.05, 0.1) is 14.2 Å².